The first-order valence-electron chi connectivity index (χ1n) is 6.31. The molecular weight excluding hydrogens is 247 g/mol. The Balaban J connectivity index is 2.50. The lowest BCUT2D eigenvalue weighted by atomic mass is 10.2. The second-order valence-corrected chi connectivity index (χ2v) is 4.47. The molecule has 0 saturated heterocycles. The van der Waals surface area contributed by atoms with E-state index in [0.717, 1.165) is 13.0 Å². The Morgan fingerprint density at radius 3 is 2.79 bits per heavy atom. The number of benzene rings is 1. The van der Waals surface area contributed by atoms with Crippen LogP contribution in [0.4, 0.5) is 10.1 Å². The Morgan fingerprint density at radius 2 is 2.16 bits per heavy atom. The van der Waals surface area contributed by atoms with E-state index in [1.807, 2.05) is 11.9 Å². The minimum absolute atomic E-state index is 0.213. The summed E-state index contributed by atoms with van der Waals surface area (Å²) in [6.07, 6.45) is 0.852. The van der Waals surface area contributed by atoms with E-state index in [1.165, 1.54) is 6.07 Å². The van der Waals surface area contributed by atoms with E-state index in [0.29, 0.717) is 6.61 Å². The molecule has 0 bridgehead atoms. The monoisotopic (exact) mass is 268 g/mol. The van der Waals surface area contributed by atoms with Crippen LogP contribution in [0.1, 0.15) is 13.3 Å². The predicted molar refractivity (Wildman–Crippen MR) is 73.6 cm³/mol. The fourth-order valence-corrected chi connectivity index (χ4v) is 1.65. The highest BCUT2D eigenvalue weighted by Crippen LogP contribution is 2.13. The van der Waals surface area contributed by atoms with Crippen molar-refractivity contribution in [2.75, 3.05) is 32.6 Å². The third-order valence-electron chi connectivity index (χ3n) is 3.03. The topological polar surface area (TPSA) is 41.6 Å². The lowest BCUT2D eigenvalue weighted by Crippen LogP contribution is -2.40. The van der Waals surface area contributed by atoms with E-state index >= 15 is 0 Å². The van der Waals surface area contributed by atoms with Crippen molar-refractivity contribution < 1.29 is 13.9 Å². The van der Waals surface area contributed by atoms with E-state index < -0.39 is 5.82 Å². The van der Waals surface area contributed by atoms with Gasteiger partial charge in [-0.05, 0) is 32.5 Å². The molecule has 0 heterocycles. The molecule has 1 unspecified atom stereocenters. The van der Waals surface area contributed by atoms with Crippen LogP contribution in [0.5, 0.6) is 0 Å². The molecule has 4 nitrogen and oxygen atoms in total. The molecule has 19 heavy (non-hydrogen) atoms. The highest BCUT2D eigenvalue weighted by atomic mass is 19.1. The maximum absolute atomic E-state index is 13.4. The number of rotatable bonds is 7. The van der Waals surface area contributed by atoms with Crippen LogP contribution in [0.3, 0.4) is 0 Å². The third kappa shape index (κ3) is 4.96. The van der Waals surface area contributed by atoms with Crippen LogP contribution in [0.25, 0.3) is 0 Å². The van der Waals surface area contributed by atoms with E-state index in [9.17, 15) is 9.18 Å². The van der Waals surface area contributed by atoms with Gasteiger partial charge in [0, 0.05) is 20.3 Å². The normalized spacial score (nSPS) is 12.5. The van der Waals surface area contributed by atoms with Gasteiger partial charge in [0.15, 0.2) is 0 Å². The Hall–Kier alpha value is -1.46. The minimum Gasteiger partial charge on any atom is -0.385 e. The number of ether oxygens (including phenoxy) is 1. The number of hydrogen-bond donors (Lipinski definition) is 1. The number of anilines is 1. The number of amides is 1. The van der Waals surface area contributed by atoms with E-state index in [4.69, 9.17) is 4.74 Å². The number of halogens is 1. The van der Waals surface area contributed by atoms with Crippen LogP contribution >= 0.6 is 0 Å². The van der Waals surface area contributed by atoms with Crippen molar-refractivity contribution in [3.63, 3.8) is 0 Å². The van der Waals surface area contributed by atoms with Crippen LogP contribution in [-0.2, 0) is 9.53 Å². The fraction of sp³-hybridized carbons (Fsp3) is 0.500. The van der Waals surface area contributed by atoms with Gasteiger partial charge >= 0.3 is 0 Å². The molecule has 1 atom stereocenters. The van der Waals surface area contributed by atoms with Crippen LogP contribution in [0.2, 0.25) is 0 Å². The minimum atomic E-state index is -0.426. The van der Waals surface area contributed by atoms with Gasteiger partial charge in [-0.1, -0.05) is 12.1 Å². The zero-order valence-corrected chi connectivity index (χ0v) is 11.6. The number of methoxy groups -OCH3 is 1. The number of carbonyl (C=O) groups is 1. The molecule has 0 fully saturated rings. The summed E-state index contributed by atoms with van der Waals surface area (Å²) in [6, 6.07) is 5.82. The van der Waals surface area contributed by atoms with Gasteiger partial charge in [-0.15, -0.1) is 0 Å². The van der Waals surface area contributed by atoms with Crippen LogP contribution in [0.15, 0.2) is 24.3 Å². The Labute approximate surface area is 113 Å². The molecule has 1 amide bonds. The first-order valence-corrected chi connectivity index (χ1v) is 6.31. The molecular formula is C14H21FN2O2. The number of nitrogens with zero attached hydrogens (tertiary/aromatic N) is 1. The fourth-order valence-electron chi connectivity index (χ4n) is 1.65. The molecule has 1 rings (SSSR count). The Bertz CT molecular complexity index is 412. The summed E-state index contributed by atoms with van der Waals surface area (Å²) in [5.41, 5.74) is 0.213. The van der Waals surface area contributed by atoms with Crippen LogP contribution in [0, 0.1) is 5.82 Å². The first-order chi connectivity index (χ1) is 9.06. The van der Waals surface area contributed by atoms with Gasteiger partial charge < -0.3 is 10.1 Å². The van der Waals surface area contributed by atoms with Crippen molar-refractivity contribution in [3.05, 3.63) is 30.1 Å². The highest BCUT2D eigenvalue weighted by Gasteiger charge is 2.18. The van der Waals surface area contributed by atoms with Gasteiger partial charge in [0.1, 0.15) is 5.82 Å². The van der Waals surface area contributed by atoms with Gasteiger partial charge in [-0.25, -0.2) is 4.39 Å². The van der Waals surface area contributed by atoms with E-state index in [1.54, 1.807) is 32.2 Å². The summed E-state index contributed by atoms with van der Waals surface area (Å²) in [4.78, 5) is 13.9. The molecule has 0 aromatic heterocycles. The quantitative estimate of drug-likeness (QED) is 0.770. The number of hydrogen-bond acceptors (Lipinski definition) is 3. The van der Waals surface area contributed by atoms with Gasteiger partial charge in [0.25, 0.3) is 0 Å². The lowest BCUT2D eigenvalue weighted by molar-refractivity contribution is -0.120. The third-order valence-corrected chi connectivity index (χ3v) is 3.03. The molecule has 0 aliphatic rings. The summed E-state index contributed by atoms with van der Waals surface area (Å²) in [5.74, 6) is -0.643. The van der Waals surface area contributed by atoms with Crippen molar-refractivity contribution in [2.45, 2.75) is 19.4 Å². The molecule has 0 spiro atoms. The molecule has 0 saturated carbocycles. The predicted octanol–water partition coefficient (Wildman–Crippen LogP) is 2.12. The number of para-hydroxylation sites is 1. The maximum atomic E-state index is 13.4. The van der Waals surface area contributed by atoms with Crippen LogP contribution in [-0.4, -0.2) is 44.2 Å². The molecule has 0 aliphatic heterocycles. The van der Waals surface area contributed by atoms with Gasteiger partial charge in [-0.2, -0.15) is 0 Å². The van der Waals surface area contributed by atoms with Crippen molar-refractivity contribution in [1.29, 1.82) is 0 Å². The average molecular weight is 268 g/mol. The van der Waals surface area contributed by atoms with Crippen LogP contribution < -0.4 is 5.32 Å². The van der Waals surface area contributed by atoms with E-state index in [2.05, 4.69) is 5.32 Å². The number of nitrogens with one attached hydrogen (secondary N) is 1. The molecule has 1 aromatic rings. The second-order valence-electron chi connectivity index (χ2n) is 4.47. The number of likely N-dealkylation sites (N-methyl/N-ethyl adjacent to an activating group) is 1. The summed E-state index contributed by atoms with van der Waals surface area (Å²) < 4.78 is 18.4. The molecule has 0 radical (unpaired) electrons. The molecule has 5 heteroatoms. The smallest absolute Gasteiger partial charge is 0.241 e. The zero-order valence-electron chi connectivity index (χ0n) is 11.6. The SMILES string of the molecule is COCCCN(C)C(C)C(=O)Nc1ccccc1F. The van der Waals surface area contributed by atoms with Gasteiger partial charge in [0.05, 0.1) is 11.7 Å². The first kappa shape index (κ1) is 15.6. The summed E-state index contributed by atoms with van der Waals surface area (Å²) in [7, 11) is 3.51. The van der Waals surface area contributed by atoms with Crippen molar-refractivity contribution in [3.8, 4) is 0 Å². The molecule has 1 aromatic carbocycles. The largest absolute Gasteiger partial charge is 0.385 e. The Kier molecular flexibility index (Phi) is 6.45. The summed E-state index contributed by atoms with van der Waals surface area (Å²) in [5, 5.41) is 2.59. The molecule has 106 valence electrons. The zero-order chi connectivity index (χ0) is 14.3. The lowest BCUT2D eigenvalue weighted by Gasteiger charge is -2.23. The maximum Gasteiger partial charge on any atom is 0.241 e. The average Bonchev–Trinajstić information content (AvgIpc) is 2.40. The van der Waals surface area contributed by atoms with Crippen molar-refractivity contribution in [2.24, 2.45) is 0 Å². The molecule has 1 N–H and O–H groups in total. The van der Waals surface area contributed by atoms with Crippen molar-refractivity contribution in [1.82, 2.24) is 4.90 Å². The van der Waals surface area contributed by atoms with Crippen molar-refractivity contribution >= 4 is 11.6 Å². The number of carbonyl (C=O) groups excluding carboxylic acids is 1. The van der Waals surface area contributed by atoms with Gasteiger partial charge in [-0.3, -0.25) is 9.69 Å². The standard InChI is InChI=1S/C14H21FN2O2/c1-11(17(2)9-6-10-19-3)14(18)16-13-8-5-4-7-12(13)15/h4-5,7-8,11H,6,9-10H2,1-3H3,(H,16,18). The Morgan fingerprint density at radius 1 is 1.47 bits per heavy atom. The molecule has 0 aliphatic carbocycles. The summed E-state index contributed by atoms with van der Waals surface area (Å²) in [6.45, 7) is 3.20. The van der Waals surface area contributed by atoms with Gasteiger partial charge in [0.2, 0.25) is 5.91 Å². The summed E-state index contributed by atoms with van der Waals surface area (Å²) >= 11 is 0. The van der Waals surface area contributed by atoms with E-state index in [-0.39, 0.29) is 17.6 Å². The second kappa shape index (κ2) is 7.86. The highest BCUT2D eigenvalue weighted by molar-refractivity contribution is 5.94.